The fraction of sp³-hybridized carbons (Fsp3) is 0.520. The van der Waals surface area contributed by atoms with Crippen molar-refractivity contribution in [3.05, 3.63) is 30.0 Å². The van der Waals surface area contributed by atoms with Crippen molar-refractivity contribution in [1.82, 2.24) is 20.9 Å². The molecule has 1 aliphatic carbocycles. The highest BCUT2D eigenvalue weighted by molar-refractivity contribution is 6.01. The molecule has 1 saturated carbocycles. The summed E-state index contributed by atoms with van der Waals surface area (Å²) in [7, 11) is 1.56. The van der Waals surface area contributed by atoms with Crippen LogP contribution in [0.5, 0.6) is 5.75 Å². The van der Waals surface area contributed by atoms with Gasteiger partial charge in [-0.05, 0) is 57.2 Å². The molecule has 0 spiro atoms. The number of methoxy groups -OCH3 is 1. The second-order valence-corrected chi connectivity index (χ2v) is 10.3. The number of carbonyl (C=O) groups excluding carboxylic acids is 4. The molecule has 2 aromatic rings. The van der Waals surface area contributed by atoms with Crippen molar-refractivity contribution in [2.24, 2.45) is 17.6 Å². The smallest absolute Gasteiger partial charge is 0.268 e. The molecule has 0 bridgehead atoms. The van der Waals surface area contributed by atoms with Gasteiger partial charge in [-0.25, -0.2) is 0 Å². The first-order chi connectivity index (χ1) is 16.6. The Balaban J connectivity index is 1.46. The number of hydrogen-bond donors (Lipinski definition) is 5. The zero-order valence-corrected chi connectivity index (χ0v) is 20.3. The molecule has 10 heteroatoms. The number of ether oxygens (including phenoxy) is 1. The molecule has 10 nitrogen and oxygen atoms in total. The number of primary amides is 1. The summed E-state index contributed by atoms with van der Waals surface area (Å²) in [5.74, 6) is -1.25. The van der Waals surface area contributed by atoms with Gasteiger partial charge in [0.1, 0.15) is 23.5 Å². The van der Waals surface area contributed by atoms with E-state index in [1.807, 2.05) is 26.0 Å². The summed E-state index contributed by atoms with van der Waals surface area (Å²) in [4.78, 5) is 53.7. The molecule has 4 amide bonds. The van der Waals surface area contributed by atoms with Gasteiger partial charge in [0, 0.05) is 22.4 Å². The number of aromatic nitrogens is 1. The highest BCUT2D eigenvalue weighted by atomic mass is 16.5. The Morgan fingerprint density at radius 2 is 1.91 bits per heavy atom. The average molecular weight is 484 g/mol. The third kappa shape index (κ3) is 5.75. The van der Waals surface area contributed by atoms with Gasteiger partial charge in [0.2, 0.25) is 17.7 Å². The molecule has 1 aliphatic heterocycles. The van der Waals surface area contributed by atoms with Crippen LogP contribution in [0.25, 0.3) is 10.9 Å². The van der Waals surface area contributed by atoms with E-state index in [9.17, 15) is 19.2 Å². The molecular weight excluding hydrogens is 450 g/mol. The molecule has 0 radical (unpaired) electrons. The van der Waals surface area contributed by atoms with Crippen molar-refractivity contribution < 1.29 is 23.9 Å². The van der Waals surface area contributed by atoms with Crippen molar-refractivity contribution >= 4 is 34.5 Å². The van der Waals surface area contributed by atoms with Gasteiger partial charge in [-0.3, -0.25) is 19.2 Å². The lowest BCUT2D eigenvalue weighted by atomic mass is 9.91. The van der Waals surface area contributed by atoms with Crippen molar-refractivity contribution in [2.75, 3.05) is 7.11 Å². The predicted molar refractivity (Wildman–Crippen MR) is 130 cm³/mol. The minimum atomic E-state index is -1.01. The Morgan fingerprint density at radius 1 is 1.17 bits per heavy atom. The molecule has 4 rings (SSSR count). The monoisotopic (exact) mass is 483 g/mol. The molecule has 3 atom stereocenters. The number of H-pyrrole nitrogens is 1. The molecule has 35 heavy (non-hydrogen) atoms. The van der Waals surface area contributed by atoms with Gasteiger partial charge in [-0.15, -0.1) is 0 Å². The number of fused-ring (bicyclic) bond motifs is 1. The predicted octanol–water partition coefficient (Wildman–Crippen LogP) is 1.35. The number of nitrogens with two attached hydrogens (primary N) is 1. The lowest BCUT2D eigenvalue weighted by molar-refractivity contribution is -0.130. The molecule has 1 aromatic carbocycles. The number of aromatic amines is 1. The standard InChI is InChI=1S/C25H33N5O5/c1-25(2)12-14(22(32)30-25)10-17(21(26)31)28-23(33)18(9-13-7-8-13)29-24(34)19-11-15-16(27-19)5-4-6-20(15)35-3/h4-6,11,13-14,17-18,27H,7-10,12H2,1-3H3,(H2,26,31)(H,28,33)(H,29,34)(H,30,32)/t14-,17?,18?/m1/s1. The van der Waals surface area contributed by atoms with Gasteiger partial charge in [-0.2, -0.15) is 0 Å². The van der Waals surface area contributed by atoms with E-state index >= 15 is 0 Å². The lowest BCUT2D eigenvalue weighted by Gasteiger charge is -2.23. The topological polar surface area (TPSA) is 155 Å². The van der Waals surface area contributed by atoms with E-state index in [-0.39, 0.29) is 17.9 Å². The summed E-state index contributed by atoms with van der Waals surface area (Å²) in [6, 6.07) is 5.29. The summed E-state index contributed by atoms with van der Waals surface area (Å²) in [5, 5.41) is 9.14. The highest BCUT2D eigenvalue weighted by Gasteiger charge is 2.40. The molecular formula is C25H33N5O5. The largest absolute Gasteiger partial charge is 0.496 e. The Kier molecular flexibility index (Phi) is 6.73. The molecule has 2 fully saturated rings. The zero-order chi connectivity index (χ0) is 25.3. The van der Waals surface area contributed by atoms with Gasteiger partial charge in [0.15, 0.2) is 0 Å². The maximum absolute atomic E-state index is 13.2. The maximum atomic E-state index is 13.2. The number of amides is 4. The maximum Gasteiger partial charge on any atom is 0.268 e. The first kappa shape index (κ1) is 24.6. The van der Waals surface area contributed by atoms with Crippen LogP contribution in [0.4, 0.5) is 0 Å². The highest BCUT2D eigenvalue weighted by Crippen LogP contribution is 2.34. The van der Waals surface area contributed by atoms with E-state index in [0.717, 1.165) is 23.7 Å². The van der Waals surface area contributed by atoms with E-state index in [4.69, 9.17) is 10.5 Å². The van der Waals surface area contributed by atoms with Crippen molar-refractivity contribution in [3.8, 4) is 5.75 Å². The van der Waals surface area contributed by atoms with Crippen molar-refractivity contribution in [2.45, 2.75) is 63.6 Å². The summed E-state index contributed by atoms with van der Waals surface area (Å²) in [5.41, 5.74) is 6.23. The second kappa shape index (κ2) is 9.59. The third-order valence-electron chi connectivity index (χ3n) is 6.75. The van der Waals surface area contributed by atoms with Crippen LogP contribution >= 0.6 is 0 Å². The number of nitrogens with one attached hydrogen (secondary N) is 4. The summed E-state index contributed by atoms with van der Waals surface area (Å²) in [6.45, 7) is 3.81. The molecule has 2 unspecified atom stereocenters. The molecule has 2 heterocycles. The Morgan fingerprint density at radius 3 is 2.51 bits per heavy atom. The van der Waals surface area contributed by atoms with Gasteiger partial charge >= 0.3 is 0 Å². The Bertz CT molecular complexity index is 1150. The number of rotatable bonds is 10. The van der Waals surface area contributed by atoms with Gasteiger partial charge in [0.05, 0.1) is 7.11 Å². The van der Waals surface area contributed by atoms with E-state index in [1.165, 1.54) is 0 Å². The summed E-state index contributed by atoms with van der Waals surface area (Å²) >= 11 is 0. The average Bonchev–Trinajstić information content (AvgIpc) is 3.42. The van der Waals surface area contributed by atoms with E-state index in [2.05, 4.69) is 20.9 Å². The van der Waals surface area contributed by atoms with E-state index in [1.54, 1.807) is 19.2 Å². The van der Waals surface area contributed by atoms with Crippen LogP contribution in [0.1, 0.15) is 56.4 Å². The van der Waals surface area contributed by atoms with Crippen LogP contribution in [-0.4, -0.2) is 53.3 Å². The first-order valence-corrected chi connectivity index (χ1v) is 11.9. The zero-order valence-electron chi connectivity index (χ0n) is 20.3. The van der Waals surface area contributed by atoms with Crippen LogP contribution in [0.3, 0.4) is 0 Å². The van der Waals surface area contributed by atoms with Gasteiger partial charge < -0.3 is 31.4 Å². The second-order valence-electron chi connectivity index (χ2n) is 10.3. The molecule has 1 saturated heterocycles. The van der Waals surface area contributed by atoms with Crippen LogP contribution in [0.15, 0.2) is 24.3 Å². The molecule has 1 aromatic heterocycles. The fourth-order valence-corrected chi connectivity index (χ4v) is 4.77. The molecule has 2 aliphatic rings. The van der Waals surface area contributed by atoms with Crippen LogP contribution in [0.2, 0.25) is 0 Å². The minimum Gasteiger partial charge on any atom is -0.496 e. The third-order valence-corrected chi connectivity index (χ3v) is 6.75. The van der Waals surface area contributed by atoms with Crippen LogP contribution in [-0.2, 0) is 14.4 Å². The van der Waals surface area contributed by atoms with Crippen molar-refractivity contribution in [3.63, 3.8) is 0 Å². The van der Waals surface area contributed by atoms with Crippen LogP contribution in [0, 0.1) is 11.8 Å². The van der Waals surface area contributed by atoms with Crippen molar-refractivity contribution in [1.29, 1.82) is 0 Å². The quantitative estimate of drug-likeness (QED) is 0.345. The number of carbonyl (C=O) groups is 4. The van der Waals surface area contributed by atoms with Gasteiger partial charge in [0.25, 0.3) is 5.91 Å². The minimum absolute atomic E-state index is 0.113. The molecule has 188 valence electrons. The number of benzene rings is 1. The van der Waals surface area contributed by atoms with E-state index < -0.39 is 35.7 Å². The van der Waals surface area contributed by atoms with Gasteiger partial charge in [-0.1, -0.05) is 18.9 Å². The summed E-state index contributed by atoms with van der Waals surface area (Å²) in [6.07, 6.45) is 3.09. The normalized spacial score (nSPS) is 20.7. The lowest BCUT2D eigenvalue weighted by Crippen LogP contribution is -2.53. The fourth-order valence-electron chi connectivity index (χ4n) is 4.77. The first-order valence-electron chi connectivity index (χ1n) is 11.9. The Labute approximate surface area is 203 Å². The van der Waals surface area contributed by atoms with E-state index in [0.29, 0.717) is 30.2 Å². The van der Waals surface area contributed by atoms with Crippen LogP contribution < -0.4 is 26.4 Å². The molecule has 6 N–H and O–H groups in total. The summed E-state index contributed by atoms with van der Waals surface area (Å²) < 4.78 is 5.35. The number of hydrogen-bond acceptors (Lipinski definition) is 5. The Hall–Kier alpha value is -3.56. The SMILES string of the molecule is COc1cccc2[nH]c(C(=O)NC(CC3CC3)C(=O)NC(C[C@@H]3CC(C)(C)NC3=O)C(N)=O)cc12.